The molecule has 1 aromatic heterocycles. The molecule has 0 saturated carbocycles. The van der Waals surface area contributed by atoms with E-state index in [9.17, 15) is 4.79 Å². The number of hydrogen-bond acceptors (Lipinski definition) is 6. The molecule has 0 saturated heterocycles. The van der Waals surface area contributed by atoms with Crippen molar-refractivity contribution in [1.82, 2.24) is 10.2 Å². The summed E-state index contributed by atoms with van der Waals surface area (Å²) < 4.78 is 10.5. The summed E-state index contributed by atoms with van der Waals surface area (Å²) in [5, 5.41) is 14.2. The van der Waals surface area contributed by atoms with E-state index in [4.69, 9.17) is 21.1 Å². The molecule has 0 spiro atoms. The molecule has 0 aliphatic carbocycles. The molecule has 1 amide bonds. The lowest BCUT2D eigenvalue weighted by molar-refractivity contribution is -0.118. The van der Waals surface area contributed by atoms with Crippen LogP contribution < -0.4 is 20.1 Å². The second kappa shape index (κ2) is 8.86. The Morgan fingerprint density at radius 1 is 1.04 bits per heavy atom. The summed E-state index contributed by atoms with van der Waals surface area (Å²) in [5.41, 5.74) is 0.739. The number of carbonyl (C=O) groups is 1. The maximum absolute atomic E-state index is 11.9. The van der Waals surface area contributed by atoms with Gasteiger partial charge in [0, 0.05) is 5.69 Å². The monoisotopic (exact) mass is 384 g/mol. The predicted molar refractivity (Wildman–Crippen MR) is 104 cm³/mol. The fraction of sp³-hybridized carbons (Fsp3) is 0.105. The molecule has 2 N–H and O–H groups in total. The van der Waals surface area contributed by atoms with Gasteiger partial charge in [-0.2, -0.15) is 0 Å². The molecule has 0 aliphatic rings. The van der Waals surface area contributed by atoms with Crippen molar-refractivity contribution in [2.75, 3.05) is 24.4 Å². The standard InChI is InChI=1S/C19H17ClN4O3/c1-26-16-8-7-13(11-15(16)20)21-17-9-10-18(24-23-17)22-19(25)12-27-14-5-3-2-4-6-14/h2-11H,12H2,1H3,(H,21,23)(H,22,24,25). The number of carbonyl (C=O) groups excluding carboxylic acids is 1. The molecule has 0 fully saturated rings. The number of amides is 1. The van der Waals surface area contributed by atoms with Gasteiger partial charge in [-0.1, -0.05) is 29.8 Å². The molecular formula is C19H17ClN4O3. The van der Waals surface area contributed by atoms with Crippen molar-refractivity contribution in [2.24, 2.45) is 0 Å². The minimum absolute atomic E-state index is 0.115. The van der Waals surface area contributed by atoms with E-state index in [1.807, 2.05) is 24.3 Å². The van der Waals surface area contributed by atoms with Crippen LogP contribution in [0.5, 0.6) is 11.5 Å². The van der Waals surface area contributed by atoms with Gasteiger partial charge >= 0.3 is 0 Å². The minimum Gasteiger partial charge on any atom is -0.495 e. The van der Waals surface area contributed by atoms with E-state index in [1.54, 1.807) is 43.5 Å². The molecule has 0 atom stereocenters. The van der Waals surface area contributed by atoms with Crippen LogP contribution in [0, 0.1) is 0 Å². The van der Waals surface area contributed by atoms with Crippen LogP contribution in [-0.4, -0.2) is 29.8 Å². The number of rotatable bonds is 7. The minimum atomic E-state index is -0.323. The first-order valence-electron chi connectivity index (χ1n) is 8.06. The Balaban J connectivity index is 1.53. The van der Waals surface area contributed by atoms with E-state index < -0.39 is 0 Å². The lowest BCUT2D eigenvalue weighted by Gasteiger charge is -2.09. The Hall–Kier alpha value is -3.32. The molecule has 0 aliphatic heterocycles. The first-order valence-corrected chi connectivity index (χ1v) is 8.44. The van der Waals surface area contributed by atoms with Crippen LogP contribution in [-0.2, 0) is 4.79 Å². The number of nitrogens with zero attached hydrogens (tertiary/aromatic N) is 2. The van der Waals surface area contributed by atoms with Gasteiger partial charge < -0.3 is 20.1 Å². The van der Waals surface area contributed by atoms with Gasteiger partial charge in [-0.15, -0.1) is 10.2 Å². The molecule has 27 heavy (non-hydrogen) atoms. The Kier molecular flexibility index (Phi) is 6.06. The van der Waals surface area contributed by atoms with Gasteiger partial charge in [0.1, 0.15) is 11.5 Å². The first kappa shape index (κ1) is 18.5. The number of para-hydroxylation sites is 1. The quantitative estimate of drug-likeness (QED) is 0.642. The van der Waals surface area contributed by atoms with Gasteiger partial charge in [-0.25, -0.2) is 0 Å². The molecule has 1 heterocycles. The summed E-state index contributed by atoms with van der Waals surface area (Å²) in [6.45, 7) is -0.115. The highest BCUT2D eigenvalue weighted by Gasteiger charge is 2.07. The van der Waals surface area contributed by atoms with E-state index in [1.165, 1.54) is 0 Å². The molecule has 0 radical (unpaired) electrons. The van der Waals surface area contributed by atoms with Gasteiger partial charge in [-0.3, -0.25) is 4.79 Å². The number of aromatic nitrogens is 2. The highest BCUT2D eigenvalue weighted by atomic mass is 35.5. The van der Waals surface area contributed by atoms with Crippen LogP contribution in [0.3, 0.4) is 0 Å². The van der Waals surface area contributed by atoms with Crippen LogP contribution in [0.15, 0.2) is 60.7 Å². The maximum atomic E-state index is 11.9. The van der Waals surface area contributed by atoms with E-state index in [0.717, 1.165) is 5.69 Å². The number of hydrogen-bond donors (Lipinski definition) is 2. The maximum Gasteiger partial charge on any atom is 0.263 e. The van der Waals surface area contributed by atoms with Gasteiger partial charge in [-0.05, 0) is 42.5 Å². The predicted octanol–water partition coefficient (Wildman–Crippen LogP) is 3.90. The largest absolute Gasteiger partial charge is 0.495 e. The third-order valence-corrected chi connectivity index (χ3v) is 3.76. The number of nitrogens with one attached hydrogen (secondary N) is 2. The molecule has 0 unspecified atom stereocenters. The second-order valence-corrected chi connectivity index (χ2v) is 5.84. The number of halogens is 1. The molecule has 3 rings (SSSR count). The Bertz CT molecular complexity index is 905. The summed E-state index contributed by atoms with van der Waals surface area (Å²) in [6, 6.07) is 17.7. The van der Waals surface area contributed by atoms with E-state index in [0.29, 0.717) is 28.2 Å². The van der Waals surface area contributed by atoms with E-state index in [2.05, 4.69) is 20.8 Å². The van der Waals surface area contributed by atoms with Gasteiger partial charge in [0.05, 0.1) is 12.1 Å². The SMILES string of the molecule is COc1ccc(Nc2ccc(NC(=O)COc3ccccc3)nn2)cc1Cl. The van der Waals surface area contributed by atoms with Crippen molar-refractivity contribution in [2.45, 2.75) is 0 Å². The van der Waals surface area contributed by atoms with Crippen LogP contribution in [0.2, 0.25) is 5.02 Å². The van der Waals surface area contributed by atoms with Crippen molar-refractivity contribution < 1.29 is 14.3 Å². The topological polar surface area (TPSA) is 85.4 Å². The normalized spacial score (nSPS) is 10.1. The lowest BCUT2D eigenvalue weighted by Crippen LogP contribution is -2.21. The molecule has 8 heteroatoms. The molecule has 0 bridgehead atoms. The first-order chi connectivity index (χ1) is 13.1. The van der Waals surface area contributed by atoms with Crippen LogP contribution in [0.25, 0.3) is 0 Å². The molecule has 3 aromatic rings. The van der Waals surface area contributed by atoms with Crippen molar-refractivity contribution in [3.63, 3.8) is 0 Å². The smallest absolute Gasteiger partial charge is 0.263 e. The average molecular weight is 385 g/mol. The molecular weight excluding hydrogens is 368 g/mol. The summed E-state index contributed by atoms with van der Waals surface area (Å²) in [4.78, 5) is 11.9. The molecule has 7 nitrogen and oxygen atoms in total. The van der Waals surface area contributed by atoms with Crippen LogP contribution >= 0.6 is 11.6 Å². The Morgan fingerprint density at radius 3 is 2.44 bits per heavy atom. The van der Waals surface area contributed by atoms with Crippen molar-refractivity contribution in [3.8, 4) is 11.5 Å². The summed E-state index contributed by atoms with van der Waals surface area (Å²) in [5.74, 6) is 1.72. The number of anilines is 3. The fourth-order valence-electron chi connectivity index (χ4n) is 2.20. The van der Waals surface area contributed by atoms with Crippen molar-refractivity contribution in [3.05, 3.63) is 65.7 Å². The van der Waals surface area contributed by atoms with Crippen molar-refractivity contribution >= 4 is 34.8 Å². The fourth-order valence-corrected chi connectivity index (χ4v) is 2.46. The van der Waals surface area contributed by atoms with Crippen LogP contribution in [0.1, 0.15) is 0 Å². The highest BCUT2D eigenvalue weighted by Crippen LogP contribution is 2.28. The Labute approximate surface area is 161 Å². The number of benzene rings is 2. The highest BCUT2D eigenvalue weighted by molar-refractivity contribution is 6.32. The number of ether oxygens (including phenoxy) is 2. The molecule has 138 valence electrons. The third kappa shape index (κ3) is 5.32. The zero-order valence-electron chi connectivity index (χ0n) is 14.5. The average Bonchev–Trinajstić information content (AvgIpc) is 2.69. The Morgan fingerprint density at radius 2 is 1.78 bits per heavy atom. The zero-order chi connectivity index (χ0) is 19.1. The van der Waals surface area contributed by atoms with Gasteiger partial charge in [0.2, 0.25) is 0 Å². The summed E-state index contributed by atoms with van der Waals surface area (Å²) in [7, 11) is 1.55. The van der Waals surface area contributed by atoms with Crippen molar-refractivity contribution in [1.29, 1.82) is 0 Å². The van der Waals surface area contributed by atoms with E-state index >= 15 is 0 Å². The van der Waals surface area contributed by atoms with Crippen LogP contribution in [0.4, 0.5) is 17.3 Å². The van der Waals surface area contributed by atoms with Gasteiger partial charge in [0.25, 0.3) is 5.91 Å². The van der Waals surface area contributed by atoms with E-state index in [-0.39, 0.29) is 12.5 Å². The molecule has 2 aromatic carbocycles. The lowest BCUT2D eigenvalue weighted by atomic mass is 10.3. The van der Waals surface area contributed by atoms with Gasteiger partial charge in [0.15, 0.2) is 18.2 Å². The summed E-state index contributed by atoms with van der Waals surface area (Å²) >= 11 is 6.09. The third-order valence-electron chi connectivity index (χ3n) is 3.47. The number of methoxy groups -OCH3 is 1. The zero-order valence-corrected chi connectivity index (χ0v) is 15.2. The second-order valence-electron chi connectivity index (χ2n) is 5.43. The summed E-state index contributed by atoms with van der Waals surface area (Å²) in [6.07, 6.45) is 0.